The largest absolute Gasteiger partial charge is 0.383 e. The number of hydrogen-bond acceptors (Lipinski definition) is 4. The molecule has 2 aliphatic heterocycles. The van der Waals surface area contributed by atoms with E-state index in [1.165, 1.54) is 0 Å². The highest BCUT2D eigenvalue weighted by Gasteiger charge is 2.51. The van der Waals surface area contributed by atoms with E-state index in [-0.39, 0.29) is 11.8 Å². The molecule has 25 heavy (non-hydrogen) atoms. The number of piperidine rings is 1. The second-order valence-corrected chi connectivity index (χ2v) is 7.33. The van der Waals surface area contributed by atoms with E-state index in [4.69, 9.17) is 4.74 Å². The van der Waals surface area contributed by atoms with Crippen LogP contribution in [0.2, 0.25) is 0 Å². The number of carbonyl (C=O) groups excluding carboxylic acids is 2. The lowest BCUT2D eigenvalue weighted by atomic mass is 9.68. The van der Waals surface area contributed by atoms with E-state index in [9.17, 15) is 9.59 Å². The molecule has 6 heteroatoms. The maximum atomic E-state index is 13.5. The zero-order chi connectivity index (χ0) is 17.9. The minimum Gasteiger partial charge on any atom is -0.383 e. The number of likely N-dealkylation sites (N-methyl/N-ethyl adjacent to an activating group) is 1. The Hall–Kier alpha value is -1.40. The zero-order valence-electron chi connectivity index (χ0n) is 15.6. The van der Waals surface area contributed by atoms with Gasteiger partial charge in [0, 0.05) is 52.0 Å². The summed E-state index contributed by atoms with van der Waals surface area (Å²) in [6.07, 6.45) is 6.09. The molecule has 1 aliphatic carbocycles. The maximum absolute atomic E-state index is 13.5. The van der Waals surface area contributed by atoms with Crippen LogP contribution >= 0.6 is 0 Å². The lowest BCUT2D eigenvalue weighted by molar-refractivity contribution is -0.149. The predicted octanol–water partition coefficient (Wildman–Crippen LogP) is 1.47. The van der Waals surface area contributed by atoms with Crippen molar-refractivity contribution in [1.29, 1.82) is 0 Å². The third-order valence-electron chi connectivity index (χ3n) is 6.03. The second kappa shape index (κ2) is 7.87. The molecule has 0 bridgehead atoms. The minimum absolute atomic E-state index is 0.129. The van der Waals surface area contributed by atoms with Crippen molar-refractivity contribution in [2.24, 2.45) is 5.41 Å². The molecule has 0 aromatic carbocycles. The van der Waals surface area contributed by atoms with Crippen LogP contribution in [0, 0.1) is 5.41 Å². The van der Waals surface area contributed by atoms with E-state index in [2.05, 4.69) is 17.9 Å². The first-order valence-corrected chi connectivity index (χ1v) is 9.64. The molecule has 2 fully saturated rings. The predicted molar refractivity (Wildman–Crippen MR) is 95.9 cm³/mol. The van der Waals surface area contributed by atoms with E-state index >= 15 is 0 Å². The number of allylic oxidation sites excluding steroid dienone is 1. The van der Waals surface area contributed by atoms with E-state index < -0.39 is 5.41 Å². The topological polar surface area (TPSA) is 53.1 Å². The van der Waals surface area contributed by atoms with Crippen molar-refractivity contribution in [3.63, 3.8) is 0 Å². The average Bonchev–Trinajstić information content (AvgIpc) is 2.67. The molecule has 0 aromatic rings. The van der Waals surface area contributed by atoms with Crippen LogP contribution in [-0.4, -0.2) is 79.5 Å². The van der Waals surface area contributed by atoms with E-state index in [0.717, 1.165) is 57.7 Å². The molecular formula is C19H31N3O3. The molecule has 6 nitrogen and oxygen atoms in total. The number of fused-ring (bicyclic) bond motifs is 1. The lowest BCUT2D eigenvalue weighted by Crippen LogP contribution is -2.57. The summed E-state index contributed by atoms with van der Waals surface area (Å²) in [7, 11) is 1.65. The fourth-order valence-corrected chi connectivity index (χ4v) is 4.50. The molecular weight excluding hydrogens is 318 g/mol. The van der Waals surface area contributed by atoms with Gasteiger partial charge in [-0.3, -0.25) is 9.59 Å². The number of amides is 2. The zero-order valence-corrected chi connectivity index (χ0v) is 15.6. The number of ether oxygens (including phenoxy) is 1. The molecule has 2 amide bonds. The van der Waals surface area contributed by atoms with Crippen LogP contribution in [0.5, 0.6) is 0 Å². The number of carbonyl (C=O) groups is 2. The number of nitrogens with zero attached hydrogens (tertiary/aromatic N) is 3. The fourth-order valence-electron chi connectivity index (χ4n) is 4.50. The highest BCUT2D eigenvalue weighted by molar-refractivity contribution is 5.91. The first-order valence-electron chi connectivity index (χ1n) is 9.64. The number of rotatable bonds is 5. The van der Waals surface area contributed by atoms with Gasteiger partial charge in [-0.25, -0.2) is 0 Å². The Kier molecular flexibility index (Phi) is 5.79. The van der Waals surface area contributed by atoms with Crippen molar-refractivity contribution < 1.29 is 14.3 Å². The van der Waals surface area contributed by atoms with Crippen LogP contribution in [0.25, 0.3) is 0 Å². The van der Waals surface area contributed by atoms with Gasteiger partial charge < -0.3 is 19.4 Å². The summed E-state index contributed by atoms with van der Waals surface area (Å²) >= 11 is 0. The van der Waals surface area contributed by atoms with Crippen molar-refractivity contribution in [3.8, 4) is 0 Å². The summed E-state index contributed by atoms with van der Waals surface area (Å²) in [5.41, 5.74) is 0.462. The summed E-state index contributed by atoms with van der Waals surface area (Å²) in [6, 6.07) is 0. The van der Waals surface area contributed by atoms with Crippen LogP contribution in [0.15, 0.2) is 11.8 Å². The second-order valence-electron chi connectivity index (χ2n) is 7.33. The SMILES string of the molecule is CCN1CCN(C(=O)C23CCCC=C2N(CCOC)C(=O)CC3)CC1. The third kappa shape index (κ3) is 3.47. The van der Waals surface area contributed by atoms with E-state index in [0.29, 0.717) is 26.0 Å². The molecule has 0 radical (unpaired) electrons. The standard InChI is InChI=1S/C19H31N3O3/c1-3-20-10-12-21(13-11-20)18(24)19-8-5-4-6-16(19)22(14-15-25-2)17(23)7-9-19/h6H,3-5,7-15H2,1-2H3. The van der Waals surface area contributed by atoms with Crippen molar-refractivity contribution >= 4 is 11.8 Å². The molecule has 0 N–H and O–H groups in total. The molecule has 0 aromatic heterocycles. The normalized spacial score (nSPS) is 27.9. The number of likely N-dealkylation sites (tertiary alicyclic amines) is 1. The van der Waals surface area contributed by atoms with Gasteiger partial charge in [-0.1, -0.05) is 13.0 Å². The summed E-state index contributed by atoms with van der Waals surface area (Å²) in [5.74, 6) is 0.369. The molecule has 0 spiro atoms. The molecule has 3 aliphatic rings. The quantitative estimate of drug-likeness (QED) is 0.754. The summed E-state index contributed by atoms with van der Waals surface area (Å²) in [6.45, 7) is 7.74. The Labute approximate surface area is 150 Å². The Morgan fingerprint density at radius 2 is 2.00 bits per heavy atom. The molecule has 2 saturated heterocycles. The van der Waals surface area contributed by atoms with Gasteiger partial charge in [0.1, 0.15) is 0 Å². The molecule has 0 saturated carbocycles. The number of methoxy groups -OCH3 is 1. The minimum atomic E-state index is -0.492. The van der Waals surface area contributed by atoms with Gasteiger partial charge in [-0.2, -0.15) is 0 Å². The molecule has 3 rings (SSSR count). The monoisotopic (exact) mass is 349 g/mol. The van der Waals surface area contributed by atoms with Crippen molar-refractivity contribution in [1.82, 2.24) is 14.7 Å². The third-order valence-corrected chi connectivity index (χ3v) is 6.03. The molecule has 1 unspecified atom stereocenters. The first kappa shape index (κ1) is 18.4. The molecule has 2 heterocycles. The highest BCUT2D eigenvalue weighted by atomic mass is 16.5. The lowest BCUT2D eigenvalue weighted by Gasteiger charge is -2.48. The summed E-state index contributed by atoms with van der Waals surface area (Å²) in [4.78, 5) is 32.3. The Balaban J connectivity index is 1.81. The van der Waals surface area contributed by atoms with E-state index in [1.807, 2.05) is 9.80 Å². The smallest absolute Gasteiger partial charge is 0.234 e. The van der Waals surface area contributed by atoms with Gasteiger partial charge in [0.05, 0.1) is 12.0 Å². The Bertz CT molecular complexity index is 540. The van der Waals surface area contributed by atoms with Crippen molar-refractivity contribution in [2.45, 2.75) is 39.0 Å². The van der Waals surface area contributed by atoms with Crippen LogP contribution < -0.4 is 0 Å². The van der Waals surface area contributed by atoms with Crippen molar-refractivity contribution in [3.05, 3.63) is 11.8 Å². The van der Waals surface area contributed by atoms with Crippen LogP contribution in [0.3, 0.4) is 0 Å². The van der Waals surface area contributed by atoms with Crippen LogP contribution in [0.4, 0.5) is 0 Å². The number of hydrogen-bond donors (Lipinski definition) is 0. The van der Waals surface area contributed by atoms with Crippen LogP contribution in [0.1, 0.15) is 39.0 Å². The van der Waals surface area contributed by atoms with Gasteiger partial charge >= 0.3 is 0 Å². The van der Waals surface area contributed by atoms with Crippen molar-refractivity contribution in [2.75, 3.05) is 53.0 Å². The average molecular weight is 349 g/mol. The van der Waals surface area contributed by atoms with Gasteiger partial charge in [-0.15, -0.1) is 0 Å². The summed E-state index contributed by atoms with van der Waals surface area (Å²) in [5, 5.41) is 0. The van der Waals surface area contributed by atoms with Gasteiger partial charge in [0.2, 0.25) is 11.8 Å². The number of piperazine rings is 1. The first-order chi connectivity index (χ1) is 12.1. The molecule has 1 atom stereocenters. The van der Waals surface area contributed by atoms with Gasteiger partial charge in [0.15, 0.2) is 0 Å². The highest BCUT2D eigenvalue weighted by Crippen LogP contribution is 2.48. The molecule has 140 valence electrons. The van der Waals surface area contributed by atoms with Gasteiger partial charge in [0.25, 0.3) is 0 Å². The van der Waals surface area contributed by atoms with Crippen LogP contribution in [-0.2, 0) is 14.3 Å². The van der Waals surface area contributed by atoms with Gasteiger partial charge in [-0.05, 0) is 32.2 Å². The Morgan fingerprint density at radius 3 is 2.68 bits per heavy atom. The Morgan fingerprint density at radius 1 is 1.24 bits per heavy atom. The summed E-state index contributed by atoms with van der Waals surface area (Å²) < 4.78 is 5.18. The fraction of sp³-hybridized carbons (Fsp3) is 0.789. The maximum Gasteiger partial charge on any atom is 0.234 e. The van der Waals surface area contributed by atoms with E-state index in [1.54, 1.807) is 7.11 Å².